The van der Waals surface area contributed by atoms with Gasteiger partial charge in [0.2, 0.25) is 53.2 Å². The van der Waals surface area contributed by atoms with Crippen LogP contribution in [0.25, 0.3) is 0 Å². The number of guanidine groups is 1. The minimum absolute atomic E-state index is 0.00179. The monoisotopic (exact) mass is 1130 g/mol. The van der Waals surface area contributed by atoms with E-state index in [0.717, 1.165) is 0 Å². The third kappa shape index (κ3) is 27.0. The average molecular weight is 1130 g/mol. The number of H-pyrrole nitrogens is 1. The first-order valence-electron chi connectivity index (χ1n) is 27.3. The van der Waals surface area contributed by atoms with Crippen molar-refractivity contribution in [2.75, 3.05) is 6.54 Å². The van der Waals surface area contributed by atoms with Crippen LogP contribution in [0.4, 0.5) is 0 Å². The van der Waals surface area contributed by atoms with Crippen molar-refractivity contribution in [3.8, 4) is 0 Å². The number of amides is 9. The summed E-state index contributed by atoms with van der Waals surface area (Å²) in [7, 11) is 0. The summed E-state index contributed by atoms with van der Waals surface area (Å²) in [5.74, 6) is -11.9. The van der Waals surface area contributed by atoms with Crippen LogP contribution in [0.3, 0.4) is 0 Å². The number of hydrogen-bond acceptors (Lipinski definition) is 14. The number of aliphatic imine (C=N–C) groups is 1. The summed E-state index contributed by atoms with van der Waals surface area (Å²) in [5, 5.41) is 40.4. The lowest BCUT2D eigenvalue weighted by Gasteiger charge is -2.31. The molecule has 0 aliphatic carbocycles. The number of nitrogens with one attached hydrogen (secondary N) is 9. The molecule has 1 heterocycles. The molecule has 0 spiro atoms. The maximum absolute atomic E-state index is 14.4. The number of primary amides is 1. The number of rotatable bonds is 39. The Morgan fingerprint density at radius 2 is 0.925 bits per heavy atom. The van der Waals surface area contributed by atoms with E-state index >= 15 is 0 Å². The Labute approximate surface area is 468 Å². The molecule has 0 aliphatic heterocycles. The van der Waals surface area contributed by atoms with Crippen molar-refractivity contribution in [2.45, 2.75) is 201 Å². The molecule has 28 nitrogen and oxygen atoms in total. The Kier molecular flexibility index (Phi) is 31.8. The Hall–Kier alpha value is -7.39. The molecule has 0 bridgehead atoms. The highest BCUT2D eigenvalue weighted by molar-refractivity contribution is 5.98. The predicted octanol–water partition coefficient (Wildman–Crippen LogP) is -1.34. The second-order valence-electron chi connectivity index (χ2n) is 21.6. The molecule has 19 N–H and O–H groups in total. The van der Waals surface area contributed by atoms with Crippen molar-refractivity contribution >= 4 is 71.1 Å². The minimum atomic E-state index is -1.60. The van der Waals surface area contributed by atoms with Gasteiger partial charge in [-0.25, -0.2) is 9.78 Å². The van der Waals surface area contributed by atoms with E-state index in [1.807, 2.05) is 27.7 Å². The molecule has 80 heavy (non-hydrogen) atoms. The molecule has 0 saturated carbocycles. The summed E-state index contributed by atoms with van der Waals surface area (Å²) in [6.07, 6.45) is 2.21. The van der Waals surface area contributed by atoms with Crippen LogP contribution >= 0.6 is 0 Å². The van der Waals surface area contributed by atoms with Gasteiger partial charge in [-0.2, -0.15) is 0 Å². The molecule has 0 saturated heterocycles. The zero-order valence-corrected chi connectivity index (χ0v) is 48.0. The standard InChI is InChI=1S/C52H91N15O13/c1-11-29(9)41(66-45(73)34(16-18-40(69)70)61-44(72)33(15-17-39(54)68)60-43(71)32(53)23-31-24-57-25-59-31)49(77)65-38(22-28(7)8)48(76)67-42(30(10)12-2)50(78)64-37(21-27(5)6)47(75)63-36(20-26(3)4)46(74)62-35(51(79)80)14-13-19-58-52(55)56/h24-30,32-38,41-42H,11-23,53H2,1-10H3,(H2,54,68)(H,57,59)(H,60,71)(H,61,72)(H,62,74)(H,63,75)(H,64,78)(H,65,77)(H,66,73)(H,67,76)(H,69,70)(H,79,80)(H4,55,56,58)/t29-,30-,32-,33-,34-,35-,36-,37-,38-,41-,42-/m0/s1. The Bertz CT molecular complexity index is 2240. The molecule has 9 amide bonds. The number of hydrogen-bond donors (Lipinski definition) is 15. The smallest absolute Gasteiger partial charge is 0.326 e. The van der Waals surface area contributed by atoms with E-state index in [0.29, 0.717) is 18.5 Å². The van der Waals surface area contributed by atoms with Crippen molar-refractivity contribution in [2.24, 2.45) is 57.5 Å². The maximum Gasteiger partial charge on any atom is 0.326 e. The second kappa shape index (κ2) is 36.0. The molecular formula is C52H91N15O13. The fourth-order valence-corrected chi connectivity index (χ4v) is 8.22. The normalized spacial score (nSPS) is 15.4. The van der Waals surface area contributed by atoms with Gasteiger partial charge >= 0.3 is 11.9 Å². The van der Waals surface area contributed by atoms with Gasteiger partial charge in [-0.1, -0.05) is 82.1 Å². The zero-order chi connectivity index (χ0) is 61.0. The van der Waals surface area contributed by atoms with Gasteiger partial charge < -0.3 is 80.7 Å². The molecule has 28 heteroatoms. The molecule has 0 fully saturated rings. The molecule has 0 unspecified atom stereocenters. The maximum atomic E-state index is 14.4. The van der Waals surface area contributed by atoms with Crippen LogP contribution < -0.4 is 65.5 Å². The summed E-state index contributed by atoms with van der Waals surface area (Å²) in [6.45, 7) is 17.8. The molecule has 0 aliphatic rings. The van der Waals surface area contributed by atoms with Crippen molar-refractivity contribution in [3.63, 3.8) is 0 Å². The molecule has 452 valence electrons. The van der Waals surface area contributed by atoms with E-state index in [1.165, 1.54) is 12.5 Å². The van der Waals surface area contributed by atoms with Gasteiger partial charge in [0.05, 0.1) is 12.4 Å². The Morgan fingerprint density at radius 1 is 0.537 bits per heavy atom. The van der Waals surface area contributed by atoms with Crippen LogP contribution in [0.5, 0.6) is 0 Å². The van der Waals surface area contributed by atoms with Gasteiger partial charge in [-0.05, 0) is 74.5 Å². The molecule has 0 radical (unpaired) electrons. The number of carboxylic acid groups (broad SMARTS) is 2. The Morgan fingerprint density at radius 3 is 1.31 bits per heavy atom. The quantitative estimate of drug-likeness (QED) is 0.0206. The first kappa shape index (κ1) is 70.6. The summed E-state index contributed by atoms with van der Waals surface area (Å²) < 4.78 is 0. The number of carbonyl (C=O) groups is 11. The zero-order valence-electron chi connectivity index (χ0n) is 48.0. The second-order valence-corrected chi connectivity index (χ2v) is 21.6. The highest BCUT2D eigenvalue weighted by Gasteiger charge is 2.38. The number of carbonyl (C=O) groups excluding carboxylic acids is 9. The Balaban J connectivity index is 3.49. The van der Waals surface area contributed by atoms with Crippen LogP contribution in [0.15, 0.2) is 17.5 Å². The first-order chi connectivity index (χ1) is 37.4. The lowest BCUT2D eigenvalue weighted by molar-refractivity contribution is -0.142. The van der Waals surface area contributed by atoms with Crippen LogP contribution in [-0.2, 0) is 59.2 Å². The lowest BCUT2D eigenvalue weighted by atomic mass is 9.94. The minimum Gasteiger partial charge on any atom is -0.481 e. The van der Waals surface area contributed by atoms with Gasteiger partial charge in [0, 0.05) is 37.7 Å². The third-order valence-electron chi connectivity index (χ3n) is 13.1. The van der Waals surface area contributed by atoms with Gasteiger partial charge in [-0.15, -0.1) is 0 Å². The van der Waals surface area contributed by atoms with Gasteiger partial charge in [0.25, 0.3) is 0 Å². The largest absolute Gasteiger partial charge is 0.481 e. The third-order valence-corrected chi connectivity index (χ3v) is 13.1. The van der Waals surface area contributed by atoms with E-state index < -0.39 is 144 Å². The number of aromatic nitrogens is 2. The molecule has 11 atom stereocenters. The number of carboxylic acids is 2. The summed E-state index contributed by atoms with van der Waals surface area (Å²) >= 11 is 0. The molecule has 1 aromatic heterocycles. The average Bonchev–Trinajstić information content (AvgIpc) is 3.88. The fraction of sp³-hybridized carbons (Fsp3) is 0.712. The summed E-state index contributed by atoms with van der Waals surface area (Å²) in [5.41, 5.74) is 22.7. The van der Waals surface area contributed by atoms with Gasteiger partial charge in [0.1, 0.15) is 48.3 Å². The highest BCUT2D eigenvalue weighted by Crippen LogP contribution is 2.16. The van der Waals surface area contributed by atoms with Crippen LogP contribution in [0.2, 0.25) is 0 Å². The van der Waals surface area contributed by atoms with Crippen molar-refractivity contribution in [1.82, 2.24) is 52.5 Å². The summed E-state index contributed by atoms with van der Waals surface area (Å²) in [4.78, 5) is 158. The number of aromatic amines is 1. The molecule has 1 aromatic rings. The number of nitrogens with two attached hydrogens (primary N) is 4. The lowest BCUT2D eigenvalue weighted by Crippen LogP contribution is -2.62. The van der Waals surface area contributed by atoms with E-state index in [9.17, 15) is 63.0 Å². The van der Waals surface area contributed by atoms with Crippen LogP contribution in [-0.4, -0.2) is 152 Å². The molecular weight excluding hydrogens is 1040 g/mol. The van der Waals surface area contributed by atoms with E-state index in [2.05, 4.69) is 57.5 Å². The number of nitrogens with zero attached hydrogens (tertiary/aromatic N) is 2. The van der Waals surface area contributed by atoms with Crippen LogP contribution in [0, 0.1) is 29.6 Å². The summed E-state index contributed by atoms with van der Waals surface area (Å²) in [6, 6.07) is -11.9. The SMILES string of the molecule is CC[C@H](C)[C@H](NC(=O)[C@H](CC(C)C)NC(=O)[C@@H](NC(=O)[C@H](CCC(=O)O)NC(=O)[C@H](CCC(N)=O)NC(=O)[C@@H](N)Cc1cnc[nH]1)[C@@H](C)CC)C(=O)N[C@@H](CC(C)C)C(=O)N[C@@H](CC(C)C)C(=O)N[C@@H](CCCN=C(N)N)C(=O)O. The van der Waals surface area contributed by atoms with Crippen molar-refractivity contribution in [1.29, 1.82) is 0 Å². The van der Waals surface area contributed by atoms with E-state index in [-0.39, 0.29) is 81.6 Å². The van der Waals surface area contributed by atoms with Crippen molar-refractivity contribution in [3.05, 3.63) is 18.2 Å². The molecule has 1 rings (SSSR count). The van der Waals surface area contributed by atoms with Crippen molar-refractivity contribution < 1.29 is 63.0 Å². The van der Waals surface area contributed by atoms with Crippen LogP contribution in [0.1, 0.15) is 146 Å². The molecule has 0 aromatic carbocycles. The first-order valence-corrected chi connectivity index (χ1v) is 27.3. The number of imidazole rings is 1. The van der Waals surface area contributed by atoms with E-state index in [4.69, 9.17) is 22.9 Å². The van der Waals surface area contributed by atoms with E-state index in [1.54, 1.807) is 41.5 Å². The number of aliphatic carboxylic acids is 2. The fourth-order valence-electron chi connectivity index (χ4n) is 8.22. The predicted molar refractivity (Wildman–Crippen MR) is 296 cm³/mol. The topological polar surface area (TPSA) is 470 Å². The van der Waals surface area contributed by atoms with Gasteiger partial charge in [-0.3, -0.25) is 52.9 Å². The highest BCUT2D eigenvalue weighted by atomic mass is 16.4. The van der Waals surface area contributed by atoms with Gasteiger partial charge in [0.15, 0.2) is 5.96 Å².